The van der Waals surface area contributed by atoms with Crippen molar-refractivity contribution in [1.29, 1.82) is 0 Å². The molecule has 0 unspecified atom stereocenters. The molecule has 3 aromatic rings. The molecule has 4 rings (SSSR count). The fourth-order valence-electron chi connectivity index (χ4n) is 3.75. The summed E-state index contributed by atoms with van der Waals surface area (Å²) in [5, 5.41) is 0.894. The van der Waals surface area contributed by atoms with Gasteiger partial charge in [-0.25, -0.2) is 9.37 Å². The van der Waals surface area contributed by atoms with E-state index in [0.29, 0.717) is 36.9 Å². The predicted molar refractivity (Wildman–Crippen MR) is 122 cm³/mol. The van der Waals surface area contributed by atoms with Gasteiger partial charge in [0.15, 0.2) is 0 Å². The zero-order valence-electron chi connectivity index (χ0n) is 17.7. The molecule has 1 heterocycles. The molecule has 0 saturated heterocycles. The number of hydrogen-bond acceptors (Lipinski definition) is 4. The van der Waals surface area contributed by atoms with E-state index < -0.39 is 0 Å². The first kappa shape index (κ1) is 21.5. The van der Waals surface area contributed by atoms with Crippen LogP contribution in [0.5, 0.6) is 5.75 Å². The number of nitrogens with zero attached hydrogens (tertiary/aromatic N) is 2. The molecule has 162 valence electrons. The molecule has 0 aliphatic heterocycles. The van der Waals surface area contributed by atoms with E-state index in [0.717, 1.165) is 22.0 Å². The minimum atomic E-state index is -0.280. The van der Waals surface area contributed by atoms with Crippen molar-refractivity contribution in [3.63, 3.8) is 0 Å². The van der Waals surface area contributed by atoms with E-state index in [1.165, 1.54) is 31.4 Å². The molecule has 0 bridgehead atoms. The van der Waals surface area contributed by atoms with Gasteiger partial charge in [-0.15, -0.1) is 11.3 Å². The summed E-state index contributed by atoms with van der Waals surface area (Å²) in [7, 11) is 0. The van der Waals surface area contributed by atoms with Gasteiger partial charge >= 0.3 is 0 Å². The standard InChI is InChI=1S/C25H27FN2O2S/c1-18-27-23(24(31-18)20-9-3-2-4-10-20)25(29)28(17-19-7-5-8-19)15-6-16-30-22-13-11-21(26)12-14-22/h2-4,9-14,19H,5-8,15-17H2,1H3. The summed E-state index contributed by atoms with van der Waals surface area (Å²) in [4.78, 5) is 21.0. The molecular formula is C25H27FN2O2S. The van der Waals surface area contributed by atoms with E-state index >= 15 is 0 Å². The highest BCUT2D eigenvalue weighted by Gasteiger charge is 2.27. The van der Waals surface area contributed by atoms with Crippen molar-refractivity contribution < 1.29 is 13.9 Å². The van der Waals surface area contributed by atoms with Crippen molar-refractivity contribution in [3.05, 3.63) is 71.1 Å². The van der Waals surface area contributed by atoms with E-state index in [-0.39, 0.29) is 11.7 Å². The second-order valence-electron chi connectivity index (χ2n) is 7.98. The topological polar surface area (TPSA) is 42.4 Å². The first-order valence-electron chi connectivity index (χ1n) is 10.8. The van der Waals surface area contributed by atoms with Crippen molar-refractivity contribution >= 4 is 17.2 Å². The average Bonchev–Trinajstić information content (AvgIpc) is 3.15. The number of carbonyl (C=O) groups is 1. The minimum Gasteiger partial charge on any atom is -0.494 e. The van der Waals surface area contributed by atoms with Crippen LogP contribution in [0.25, 0.3) is 10.4 Å². The van der Waals surface area contributed by atoms with Crippen LogP contribution in [0, 0.1) is 18.7 Å². The van der Waals surface area contributed by atoms with Crippen LogP contribution < -0.4 is 4.74 Å². The Morgan fingerprint density at radius 3 is 2.58 bits per heavy atom. The number of rotatable bonds is 9. The van der Waals surface area contributed by atoms with Crippen LogP contribution in [0.4, 0.5) is 4.39 Å². The molecule has 31 heavy (non-hydrogen) atoms. The van der Waals surface area contributed by atoms with Gasteiger partial charge in [0.1, 0.15) is 17.3 Å². The van der Waals surface area contributed by atoms with Gasteiger partial charge in [0.25, 0.3) is 5.91 Å². The summed E-state index contributed by atoms with van der Waals surface area (Å²) in [5.74, 6) is 0.927. The molecule has 0 radical (unpaired) electrons. The number of hydrogen-bond donors (Lipinski definition) is 0. The second kappa shape index (κ2) is 10.1. The number of ether oxygens (including phenoxy) is 1. The quantitative estimate of drug-likeness (QED) is 0.387. The molecule has 1 saturated carbocycles. The zero-order chi connectivity index (χ0) is 21.6. The van der Waals surface area contributed by atoms with Gasteiger partial charge in [0, 0.05) is 13.1 Å². The summed E-state index contributed by atoms with van der Waals surface area (Å²) in [6.07, 6.45) is 4.31. The fraction of sp³-hybridized carbons (Fsp3) is 0.360. The van der Waals surface area contributed by atoms with E-state index in [1.54, 1.807) is 23.5 Å². The van der Waals surface area contributed by atoms with Gasteiger partial charge in [-0.3, -0.25) is 4.79 Å². The van der Waals surface area contributed by atoms with E-state index in [2.05, 4.69) is 4.98 Å². The lowest BCUT2D eigenvalue weighted by Gasteiger charge is -2.32. The second-order valence-corrected chi connectivity index (χ2v) is 9.18. The number of halogens is 1. The third kappa shape index (κ3) is 5.50. The first-order chi connectivity index (χ1) is 15.1. The van der Waals surface area contributed by atoms with Crippen molar-refractivity contribution in [1.82, 2.24) is 9.88 Å². The van der Waals surface area contributed by atoms with Crippen molar-refractivity contribution in [2.75, 3.05) is 19.7 Å². The number of thiazole rings is 1. The molecule has 1 amide bonds. The Balaban J connectivity index is 1.44. The highest BCUT2D eigenvalue weighted by molar-refractivity contribution is 7.15. The maximum absolute atomic E-state index is 13.5. The lowest BCUT2D eigenvalue weighted by Crippen LogP contribution is -2.39. The SMILES string of the molecule is Cc1nc(C(=O)N(CCCOc2ccc(F)cc2)CC2CCC2)c(-c2ccccc2)s1. The molecule has 0 N–H and O–H groups in total. The van der Waals surface area contributed by atoms with E-state index in [9.17, 15) is 9.18 Å². The Labute approximate surface area is 186 Å². The molecule has 1 aliphatic rings. The van der Waals surface area contributed by atoms with Crippen LogP contribution in [0.2, 0.25) is 0 Å². The maximum atomic E-state index is 13.5. The zero-order valence-corrected chi connectivity index (χ0v) is 18.5. The van der Waals surface area contributed by atoms with Crippen LogP contribution in [0.3, 0.4) is 0 Å². The molecular weight excluding hydrogens is 411 g/mol. The molecule has 0 atom stereocenters. The summed E-state index contributed by atoms with van der Waals surface area (Å²) >= 11 is 1.56. The number of carbonyl (C=O) groups excluding carboxylic acids is 1. The number of aryl methyl sites for hydroxylation is 1. The van der Waals surface area contributed by atoms with Crippen LogP contribution >= 0.6 is 11.3 Å². The molecule has 6 heteroatoms. The van der Waals surface area contributed by atoms with Gasteiger partial charge in [-0.2, -0.15) is 0 Å². The molecule has 0 spiro atoms. The summed E-state index contributed by atoms with van der Waals surface area (Å²) in [6, 6.07) is 16.0. The Morgan fingerprint density at radius 1 is 1.16 bits per heavy atom. The monoisotopic (exact) mass is 438 g/mol. The fourth-order valence-corrected chi connectivity index (χ4v) is 4.66. The highest BCUT2D eigenvalue weighted by Crippen LogP contribution is 2.32. The van der Waals surface area contributed by atoms with Gasteiger partial charge < -0.3 is 9.64 Å². The van der Waals surface area contributed by atoms with Gasteiger partial charge in [-0.1, -0.05) is 36.8 Å². The predicted octanol–water partition coefficient (Wildman–Crippen LogP) is 5.97. The maximum Gasteiger partial charge on any atom is 0.274 e. The Kier molecular flexibility index (Phi) is 6.97. The lowest BCUT2D eigenvalue weighted by molar-refractivity contribution is 0.0680. The Hall–Kier alpha value is -2.73. The molecule has 4 nitrogen and oxygen atoms in total. The third-order valence-corrected chi connectivity index (χ3v) is 6.64. The van der Waals surface area contributed by atoms with Crippen molar-refractivity contribution in [2.45, 2.75) is 32.6 Å². The Morgan fingerprint density at radius 2 is 1.90 bits per heavy atom. The molecule has 2 aromatic carbocycles. The van der Waals surface area contributed by atoms with Gasteiger partial charge in [0.2, 0.25) is 0 Å². The van der Waals surface area contributed by atoms with Crippen LogP contribution in [-0.4, -0.2) is 35.5 Å². The third-order valence-electron chi connectivity index (χ3n) is 5.62. The van der Waals surface area contributed by atoms with Crippen LogP contribution in [0.15, 0.2) is 54.6 Å². The highest BCUT2D eigenvalue weighted by atomic mass is 32.1. The molecule has 1 fully saturated rings. The van der Waals surface area contributed by atoms with Crippen molar-refractivity contribution in [2.24, 2.45) is 5.92 Å². The van der Waals surface area contributed by atoms with E-state index in [4.69, 9.17) is 4.74 Å². The van der Waals surface area contributed by atoms with Crippen LogP contribution in [-0.2, 0) is 0 Å². The average molecular weight is 439 g/mol. The van der Waals surface area contributed by atoms with Crippen molar-refractivity contribution in [3.8, 4) is 16.2 Å². The minimum absolute atomic E-state index is 0.00288. The summed E-state index contributed by atoms with van der Waals surface area (Å²) < 4.78 is 18.8. The normalized spacial score (nSPS) is 13.6. The number of benzene rings is 2. The van der Waals surface area contributed by atoms with Gasteiger partial charge in [-0.05, 0) is 61.9 Å². The number of aromatic nitrogens is 1. The summed E-state index contributed by atoms with van der Waals surface area (Å²) in [5.41, 5.74) is 1.58. The first-order valence-corrected chi connectivity index (χ1v) is 11.6. The Bertz CT molecular complexity index is 1000. The van der Waals surface area contributed by atoms with E-state index in [1.807, 2.05) is 42.2 Å². The number of amides is 1. The largest absolute Gasteiger partial charge is 0.494 e. The van der Waals surface area contributed by atoms with Crippen LogP contribution in [0.1, 0.15) is 41.2 Å². The molecule has 1 aromatic heterocycles. The smallest absolute Gasteiger partial charge is 0.274 e. The molecule has 1 aliphatic carbocycles. The lowest BCUT2D eigenvalue weighted by atomic mass is 9.85. The van der Waals surface area contributed by atoms with Gasteiger partial charge in [0.05, 0.1) is 16.5 Å². The summed E-state index contributed by atoms with van der Waals surface area (Å²) in [6.45, 7) is 3.80.